The zero-order valence-corrected chi connectivity index (χ0v) is 10.9. The first kappa shape index (κ1) is 13.4. The molecule has 0 spiro atoms. The Morgan fingerprint density at radius 2 is 1.94 bits per heavy atom. The van der Waals surface area contributed by atoms with Crippen LogP contribution in [-0.2, 0) is 4.79 Å². The number of hydrogen-bond acceptors (Lipinski definition) is 3. The number of nitrogens with two attached hydrogens (primary N) is 1. The maximum Gasteiger partial charge on any atom is 0.219 e. The summed E-state index contributed by atoms with van der Waals surface area (Å²) in [6.45, 7) is 7.29. The minimum absolute atomic E-state index is 0.169. The van der Waals surface area contributed by atoms with Crippen molar-refractivity contribution in [3.63, 3.8) is 0 Å². The molecule has 1 atom stereocenters. The Morgan fingerprint density at radius 1 is 1.38 bits per heavy atom. The molecule has 0 aromatic rings. The van der Waals surface area contributed by atoms with Crippen LogP contribution in [0.3, 0.4) is 0 Å². The first-order valence-corrected chi connectivity index (χ1v) is 6.23. The van der Waals surface area contributed by atoms with E-state index in [4.69, 9.17) is 18.0 Å². The van der Waals surface area contributed by atoms with E-state index in [1.807, 2.05) is 4.90 Å². The van der Waals surface area contributed by atoms with Gasteiger partial charge in [-0.25, -0.2) is 0 Å². The van der Waals surface area contributed by atoms with Gasteiger partial charge in [0.15, 0.2) is 0 Å². The van der Waals surface area contributed by atoms with E-state index in [1.54, 1.807) is 6.92 Å². The lowest BCUT2D eigenvalue weighted by molar-refractivity contribution is -0.130. The second-order valence-corrected chi connectivity index (χ2v) is 4.80. The highest BCUT2D eigenvalue weighted by molar-refractivity contribution is 7.80. The summed E-state index contributed by atoms with van der Waals surface area (Å²) < 4.78 is 0. The molecule has 0 bridgehead atoms. The van der Waals surface area contributed by atoms with Gasteiger partial charge < -0.3 is 10.6 Å². The minimum atomic E-state index is 0.169. The SMILES string of the molecule is CCC(CC(N)=S)N1CCN(C(C)=O)CC1. The number of carbonyl (C=O) groups is 1. The Labute approximate surface area is 103 Å². The molecule has 4 nitrogen and oxygen atoms in total. The number of carbonyl (C=O) groups excluding carboxylic acids is 1. The predicted octanol–water partition coefficient (Wildman–Crippen LogP) is 0.605. The largest absolute Gasteiger partial charge is 0.393 e. The lowest BCUT2D eigenvalue weighted by atomic mass is 10.1. The summed E-state index contributed by atoms with van der Waals surface area (Å²) in [5.41, 5.74) is 5.59. The lowest BCUT2D eigenvalue weighted by Crippen LogP contribution is -2.52. The fourth-order valence-corrected chi connectivity index (χ4v) is 2.36. The second kappa shape index (κ2) is 6.15. The molecule has 1 saturated heterocycles. The Hall–Kier alpha value is -0.680. The predicted molar refractivity (Wildman–Crippen MR) is 69.3 cm³/mol. The van der Waals surface area contributed by atoms with Crippen LogP contribution in [0.25, 0.3) is 0 Å². The van der Waals surface area contributed by atoms with Crippen LogP contribution in [0.2, 0.25) is 0 Å². The topological polar surface area (TPSA) is 49.6 Å². The maximum absolute atomic E-state index is 11.2. The highest BCUT2D eigenvalue weighted by atomic mass is 32.1. The van der Waals surface area contributed by atoms with Crippen molar-refractivity contribution < 1.29 is 4.79 Å². The molecule has 1 aliphatic rings. The van der Waals surface area contributed by atoms with Crippen LogP contribution in [0.5, 0.6) is 0 Å². The monoisotopic (exact) mass is 243 g/mol. The Morgan fingerprint density at radius 3 is 2.31 bits per heavy atom. The van der Waals surface area contributed by atoms with Crippen LogP contribution in [0.1, 0.15) is 26.7 Å². The normalized spacial score (nSPS) is 19.5. The summed E-state index contributed by atoms with van der Waals surface area (Å²) in [7, 11) is 0. The van der Waals surface area contributed by atoms with Crippen LogP contribution >= 0.6 is 12.2 Å². The van der Waals surface area contributed by atoms with Gasteiger partial charge in [-0.3, -0.25) is 9.69 Å². The first-order chi connectivity index (χ1) is 7.54. The summed E-state index contributed by atoms with van der Waals surface area (Å²) in [6.07, 6.45) is 1.84. The van der Waals surface area contributed by atoms with E-state index >= 15 is 0 Å². The molecule has 92 valence electrons. The van der Waals surface area contributed by atoms with Gasteiger partial charge in [-0.2, -0.15) is 0 Å². The van der Waals surface area contributed by atoms with E-state index in [9.17, 15) is 4.79 Å². The molecular weight excluding hydrogens is 222 g/mol. The zero-order chi connectivity index (χ0) is 12.1. The van der Waals surface area contributed by atoms with E-state index < -0.39 is 0 Å². The number of piperazine rings is 1. The van der Waals surface area contributed by atoms with Crippen molar-refractivity contribution in [1.82, 2.24) is 9.80 Å². The maximum atomic E-state index is 11.2. The molecule has 0 radical (unpaired) electrons. The van der Waals surface area contributed by atoms with Crippen LogP contribution in [-0.4, -0.2) is 52.9 Å². The van der Waals surface area contributed by atoms with Gasteiger partial charge in [0.25, 0.3) is 0 Å². The van der Waals surface area contributed by atoms with Crippen molar-refractivity contribution in [1.29, 1.82) is 0 Å². The lowest BCUT2D eigenvalue weighted by Gasteiger charge is -2.38. The van der Waals surface area contributed by atoms with Crippen molar-refractivity contribution in [3.05, 3.63) is 0 Å². The van der Waals surface area contributed by atoms with Crippen LogP contribution in [0.15, 0.2) is 0 Å². The smallest absolute Gasteiger partial charge is 0.219 e. The van der Waals surface area contributed by atoms with E-state index in [2.05, 4.69) is 11.8 Å². The molecule has 5 heteroatoms. The van der Waals surface area contributed by atoms with E-state index in [1.165, 1.54) is 0 Å². The molecule has 16 heavy (non-hydrogen) atoms. The molecule has 1 rings (SSSR count). The highest BCUT2D eigenvalue weighted by Gasteiger charge is 2.23. The highest BCUT2D eigenvalue weighted by Crippen LogP contribution is 2.12. The number of nitrogens with zero attached hydrogens (tertiary/aromatic N) is 2. The molecule has 0 aromatic carbocycles. The summed E-state index contributed by atoms with van der Waals surface area (Å²) >= 11 is 4.96. The van der Waals surface area contributed by atoms with Gasteiger partial charge in [0, 0.05) is 45.6 Å². The van der Waals surface area contributed by atoms with Gasteiger partial charge in [-0.15, -0.1) is 0 Å². The standard InChI is InChI=1S/C11H21N3OS/c1-3-10(8-11(12)16)14-6-4-13(5-7-14)9(2)15/h10H,3-8H2,1-2H3,(H2,12,16). The minimum Gasteiger partial charge on any atom is -0.393 e. The molecular formula is C11H21N3OS. The van der Waals surface area contributed by atoms with Gasteiger partial charge in [0.2, 0.25) is 5.91 Å². The molecule has 1 amide bonds. The number of amides is 1. The van der Waals surface area contributed by atoms with Crippen molar-refractivity contribution in [2.24, 2.45) is 5.73 Å². The average molecular weight is 243 g/mol. The third-order valence-corrected chi connectivity index (χ3v) is 3.35. The second-order valence-electron chi connectivity index (χ2n) is 4.27. The molecule has 1 unspecified atom stereocenters. The number of hydrogen-bond donors (Lipinski definition) is 1. The molecule has 1 aliphatic heterocycles. The number of thiocarbonyl (C=S) groups is 1. The molecule has 1 fully saturated rings. The van der Waals surface area contributed by atoms with Gasteiger partial charge >= 0.3 is 0 Å². The van der Waals surface area contributed by atoms with Gasteiger partial charge in [0.1, 0.15) is 0 Å². The van der Waals surface area contributed by atoms with E-state index in [0.717, 1.165) is 39.0 Å². The Kier molecular flexibility index (Phi) is 5.15. The van der Waals surface area contributed by atoms with Gasteiger partial charge in [-0.05, 0) is 6.42 Å². The summed E-state index contributed by atoms with van der Waals surface area (Å²) in [6, 6.07) is 0.437. The van der Waals surface area contributed by atoms with Gasteiger partial charge in [0.05, 0.1) is 4.99 Å². The first-order valence-electron chi connectivity index (χ1n) is 5.82. The Bertz CT molecular complexity index is 262. The fourth-order valence-electron chi connectivity index (χ4n) is 2.17. The average Bonchev–Trinajstić information content (AvgIpc) is 2.25. The fraction of sp³-hybridized carbons (Fsp3) is 0.818. The third kappa shape index (κ3) is 3.72. The summed E-state index contributed by atoms with van der Waals surface area (Å²) in [5.74, 6) is 0.169. The summed E-state index contributed by atoms with van der Waals surface area (Å²) in [5, 5.41) is 0. The Balaban J connectivity index is 2.44. The number of rotatable bonds is 4. The molecule has 2 N–H and O–H groups in total. The van der Waals surface area contributed by atoms with E-state index in [0.29, 0.717) is 11.0 Å². The quantitative estimate of drug-likeness (QED) is 0.735. The van der Waals surface area contributed by atoms with Crippen molar-refractivity contribution in [2.45, 2.75) is 32.7 Å². The summed E-state index contributed by atoms with van der Waals surface area (Å²) in [4.78, 5) is 16.1. The van der Waals surface area contributed by atoms with Crippen molar-refractivity contribution in [2.75, 3.05) is 26.2 Å². The van der Waals surface area contributed by atoms with E-state index in [-0.39, 0.29) is 5.91 Å². The van der Waals surface area contributed by atoms with Crippen molar-refractivity contribution >= 4 is 23.1 Å². The van der Waals surface area contributed by atoms with Gasteiger partial charge in [-0.1, -0.05) is 19.1 Å². The zero-order valence-electron chi connectivity index (χ0n) is 10.1. The molecule has 0 saturated carbocycles. The van der Waals surface area contributed by atoms with Crippen molar-refractivity contribution in [3.8, 4) is 0 Å². The molecule has 0 aliphatic carbocycles. The van der Waals surface area contributed by atoms with Crippen LogP contribution < -0.4 is 5.73 Å². The third-order valence-electron chi connectivity index (χ3n) is 3.18. The molecule has 0 aromatic heterocycles. The van der Waals surface area contributed by atoms with Crippen LogP contribution in [0.4, 0.5) is 0 Å². The van der Waals surface area contributed by atoms with Crippen LogP contribution in [0, 0.1) is 0 Å². The molecule has 1 heterocycles.